The normalized spacial score (nSPS) is 19.6. The number of hydrazine groups is 1. The van der Waals surface area contributed by atoms with Crippen molar-refractivity contribution in [2.24, 2.45) is 5.84 Å². The van der Waals surface area contributed by atoms with Crippen LogP contribution in [0.15, 0.2) is 29.6 Å². The number of hydrogen-bond donors (Lipinski definition) is 4. The number of amides is 2. The largest absolute Gasteiger partial charge is 0.393 e. The van der Waals surface area contributed by atoms with E-state index in [1.165, 1.54) is 0 Å². The van der Waals surface area contributed by atoms with Crippen molar-refractivity contribution in [3.63, 3.8) is 0 Å². The Kier molecular flexibility index (Phi) is 9.45. The van der Waals surface area contributed by atoms with Gasteiger partial charge in [0.05, 0.1) is 6.04 Å². The number of nitrogens with one attached hydrogen (secondary N) is 3. The Morgan fingerprint density at radius 3 is 2.62 bits per heavy atom. The minimum atomic E-state index is -2.69. The molecule has 0 saturated carbocycles. The lowest BCUT2D eigenvalue weighted by Gasteiger charge is -2.44. The van der Waals surface area contributed by atoms with Crippen molar-refractivity contribution < 1.29 is 18.3 Å². The van der Waals surface area contributed by atoms with Gasteiger partial charge in [-0.15, -0.1) is 0 Å². The van der Waals surface area contributed by atoms with Crippen LogP contribution in [0.3, 0.4) is 0 Å². The number of rotatable bonds is 8. The van der Waals surface area contributed by atoms with Crippen LogP contribution >= 0.6 is 0 Å². The summed E-state index contributed by atoms with van der Waals surface area (Å²) in [5.74, 6) is 6.74. The number of carbonyl (C=O) groups is 1. The third-order valence-electron chi connectivity index (χ3n) is 8.13. The first-order chi connectivity index (χ1) is 18.8. The number of hydrogen-bond acceptors (Lipinski definition) is 7. The molecule has 39 heavy (non-hydrogen) atoms. The molecule has 2 amide bonds. The summed E-state index contributed by atoms with van der Waals surface area (Å²) in [6, 6.07) is 3.25. The first-order valence-corrected chi connectivity index (χ1v) is 13.7. The quantitative estimate of drug-likeness (QED) is 0.226. The van der Waals surface area contributed by atoms with Crippen molar-refractivity contribution in [3.8, 4) is 0 Å². The Balaban J connectivity index is 1.76. The van der Waals surface area contributed by atoms with E-state index < -0.39 is 6.43 Å². The topological polar surface area (TPSA) is 110 Å². The number of nitrogens with two attached hydrogens (primary N) is 1. The molecule has 0 radical (unpaired) electrons. The van der Waals surface area contributed by atoms with Crippen LogP contribution in [0.5, 0.6) is 0 Å². The number of benzene rings is 1. The van der Waals surface area contributed by atoms with Crippen molar-refractivity contribution in [2.75, 3.05) is 51.8 Å². The van der Waals surface area contributed by atoms with E-state index in [0.29, 0.717) is 50.4 Å². The number of urea groups is 1. The molecule has 0 aromatic heterocycles. The fourth-order valence-electron chi connectivity index (χ4n) is 6.01. The number of nitrogens with zero attached hydrogens (tertiary/aromatic N) is 3. The van der Waals surface area contributed by atoms with Gasteiger partial charge in [-0.1, -0.05) is 0 Å². The molecule has 3 heterocycles. The lowest BCUT2D eigenvalue weighted by Crippen LogP contribution is -2.52. The second kappa shape index (κ2) is 12.8. The van der Waals surface area contributed by atoms with Gasteiger partial charge in [0.2, 0.25) is 0 Å². The molecule has 3 aliphatic rings. The molecule has 1 atom stereocenters. The molecule has 3 aliphatic heterocycles. The Bertz CT molecular complexity index is 1120. The standard InChI is InChI=1S/C28H41F2N7O2/c1-18(24-17-35(28(38)34-3)10-6-25(24)37(32)21-7-11-39-12-8-21)36-9-4-5-19-13-22(20(15-31)16-33-2)23(27(29)30)14-26(19)36/h13-16,18,21,27,31,33H,4-12,17,32H2,1-3H3,(H,34,38)/b20-16+,31-15?. The van der Waals surface area contributed by atoms with Gasteiger partial charge in [0, 0.05) is 94.3 Å². The SMILES string of the molecule is CN/C=C(\C=N)c1cc2c(cc1C(F)F)N(C(C)C1=C(N(N)C3CCOCC3)CCN(C(=O)NC)C1)CCC2. The maximum atomic E-state index is 14.3. The van der Waals surface area contributed by atoms with Crippen molar-refractivity contribution in [1.82, 2.24) is 20.5 Å². The van der Waals surface area contributed by atoms with E-state index >= 15 is 0 Å². The van der Waals surface area contributed by atoms with Gasteiger partial charge in [0.1, 0.15) is 0 Å². The summed E-state index contributed by atoms with van der Waals surface area (Å²) in [7, 11) is 3.31. The molecule has 11 heteroatoms. The Labute approximate surface area is 229 Å². The summed E-state index contributed by atoms with van der Waals surface area (Å²) in [6.07, 6.45) is 3.92. The zero-order chi connectivity index (χ0) is 28.1. The third kappa shape index (κ3) is 6.04. The molecule has 1 fully saturated rings. The third-order valence-corrected chi connectivity index (χ3v) is 8.13. The second-order valence-electron chi connectivity index (χ2n) is 10.3. The summed E-state index contributed by atoms with van der Waals surface area (Å²) in [6.45, 7) is 5.09. The molecule has 1 aromatic rings. The van der Waals surface area contributed by atoms with Gasteiger partial charge < -0.3 is 35.6 Å². The van der Waals surface area contributed by atoms with Gasteiger partial charge in [-0.3, -0.25) is 0 Å². The van der Waals surface area contributed by atoms with Crippen molar-refractivity contribution in [3.05, 3.63) is 46.3 Å². The minimum absolute atomic E-state index is 0.0923. The highest BCUT2D eigenvalue weighted by Gasteiger charge is 2.34. The molecule has 9 nitrogen and oxygen atoms in total. The highest BCUT2D eigenvalue weighted by atomic mass is 19.3. The monoisotopic (exact) mass is 545 g/mol. The predicted molar refractivity (Wildman–Crippen MR) is 150 cm³/mol. The van der Waals surface area contributed by atoms with Gasteiger partial charge in [-0.25, -0.2) is 19.4 Å². The number of allylic oxidation sites excluding steroid dienone is 1. The molecule has 1 saturated heterocycles. The van der Waals surface area contributed by atoms with Gasteiger partial charge in [0.25, 0.3) is 6.43 Å². The van der Waals surface area contributed by atoms with E-state index in [1.807, 2.05) is 11.1 Å². The number of carbonyl (C=O) groups excluding carboxylic acids is 1. The van der Waals surface area contributed by atoms with Crippen LogP contribution in [0.25, 0.3) is 5.57 Å². The van der Waals surface area contributed by atoms with Crippen LogP contribution in [-0.2, 0) is 11.2 Å². The van der Waals surface area contributed by atoms with Crippen molar-refractivity contribution >= 4 is 23.5 Å². The molecule has 0 bridgehead atoms. The van der Waals surface area contributed by atoms with Gasteiger partial charge >= 0.3 is 6.03 Å². The van der Waals surface area contributed by atoms with Gasteiger partial charge in [0.15, 0.2) is 0 Å². The Morgan fingerprint density at radius 2 is 1.97 bits per heavy atom. The molecular formula is C28H41F2N7O2. The van der Waals surface area contributed by atoms with E-state index in [-0.39, 0.29) is 23.7 Å². The minimum Gasteiger partial charge on any atom is -0.393 e. The van der Waals surface area contributed by atoms with E-state index in [9.17, 15) is 13.6 Å². The Hall–Kier alpha value is -3.18. The van der Waals surface area contributed by atoms with Crippen LogP contribution in [0.1, 0.15) is 55.7 Å². The maximum Gasteiger partial charge on any atom is 0.317 e. The van der Waals surface area contributed by atoms with E-state index in [4.69, 9.17) is 16.0 Å². The fraction of sp³-hybridized carbons (Fsp3) is 0.571. The number of ether oxygens (including phenoxy) is 1. The first kappa shape index (κ1) is 28.8. The molecule has 0 spiro atoms. The average Bonchev–Trinajstić information content (AvgIpc) is 2.97. The number of halogens is 2. The number of alkyl halides is 2. The highest BCUT2D eigenvalue weighted by molar-refractivity contribution is 6.09. The van der Waals surface area contributed by atoms with Crippen LogP contribution in [0.2, 0.25) is 0 Å². The zero-order valence-electron chi connectivity index (χ0n) is 23.1. The lowest BCUT2D eigenvalue weighted by molar-refractivity contribution is 0.0425. The molecule has 1 unspecified atom stereocenters. The highest BCUT2D eigenvalue weighted by Crippen LogP contribution is 2.39. The van der Waals surface area contributed by atoms with Gasteiger partial charge in [-0.2, -0.15) is 0 Å². The zero-order valence-corrected chi connectivity index (χ0v) is 23.1. The summed E-state index contributed by atoms with van der Waals surface area (Å²) in [5.41, 5.74) is 4.50. The summed E-state index contributed by atoms with van der Waals surface area (Å²) in [5, 5.41) is 15.2. The lowest BCUT2D eigenvalue weighted by atomic mass is 9.90. The maximum absolute atomic E-state index is 14.3. The van der Waals surface area contributed by atoms with E-state index in [0.717, 1.165) is 54.4 Å². The van der Waals surface area contributed by atoms with Crippen LogP contribution in [-0.4, -0.2) is 81.2 Å². The average molecular weight is 546 g/mol. The molecule has 0 aliphatic carbocycles. The number of anilines is 1. The summed E-state index contributed by atoms with van der Waals surface area (Å²) >= 11 is 0. The van der Waals surface area contributed by atoms with Crippen LogP contribution in [0.4, 0.5) is 19.3 Å². The second-order valence-corrected chi connectivity index (χ2v) is 10.3. The summed E-state index contributed by atoms with van der Waals surface area (Å²) < 4.78 is 34.2. The molecule has 4 rings (SSSR count). The van der Waals surface area contributed by atoms with E-state index in [1.54, 1.807) is 31.3 Å². The van der Waals surface area contributed by atoms with Crippen molar-refractivity contribution in [2.45, 2.75) is 57.5 Å². The number of aryl methyl sites for hydroxylation is 1. The van der Waals surface area contributed by atoms with Crippen molar-refractivity contribution in [1.29, 1.82) is 5.41 Å². The molecular weight excluding hydrogens is 504 g/mol. The Morgan fingerprint density at radius 1 is 1.23 bits per heavy atom. The van der Waals surface area contributed by atoms with E-state index in [2.05, 4.69) is 22.5 Å². The molecule has 5 N–H and O–H groups in total. The number of fused-ring (bicyclic) bond motifs is 1. The van der Waals surface area contributed by atoms with Gasteiger partial charge in [-0.05, 0) is 61.4 Å². The fourth-order valence-corrected chi connectivity index (χ4v) is 6.01. The first-order valence-electron chi connectivity index (χ1n) is 13.7. The summed E-state index contributed by atoms with van der Waals surface area (Å²) in [4.78, 5) is 16.6. The molecule has 214 valence electrons. The van der Waals surface area contributed by atoms with Crippen LogP contribution in [0, 0.1) is 5.41 Å². The molecule has 1 aromatic carbocycles. The predicted octanol–water partition coefficient (Wildman–Crippen LogP) is 3.63. The van der Waals surface area contributed by atoms with Crippen LogP contribution < -0.4 is 21.4 Å². The smallest absolute Gasteiger partial charge is 0.317 e.